The maximum absolute atomic E-state index is 14.7. The molecule has 6 atom stereocenters. The number of allylic oxidation sites excluding steroid dienone is 2. The van der Waals surface area contributed by atoms with Crippen molar-refractivity contribution >= 4 is 47.2 Å². The lowest BCUT2D eigenvalue weighted by Gasteiger charge is -2.49. The number of rotatable bonds is 9. The number of hydrogen-bond acceptors (Lipinski definition) is 9. The molecule has 1 saturated carbocycles. The SMILES string of the molecule is COc1ccc(OC)c(C=Cc2ccc(N3C(=O)[C@H]4[C@H](CC=C5[C@H]4C[C@H]4C(=O)N(c6ccccc6)C(=O)[C@@]4(C)[C@H]5c4c(O)cc(OC)cc4OC)C3=O)cc2)c1. The number of benzene rings is 4. The minimum Gasteiger partial charge on any atom is -0.507 e. The fourth-order valence-electron chi connectivity index (χ4n) is 9.46. The Bertz CT molecular complexity index is 2320. The summed E-state index contributed by atoms with van der Waals surface area (Å²) in [6.45, 7) is 1.77. The molecule has 1 N–H and O–H groups in total. The zero-order valence-corrected chi connectivity index (χ0v) is 31.7. The first-order chi connectivity index (χ1) is 27.0. The lowest BCUT2D eigenvalue weighted by molar-refractivity contribution is -0.131. The van der Waals surface area contributed by atoms with Gasteiger partial charge >= 0.3 is 0 Å². The van der Waals surface area contributed by atoms with Crippen molar-refractivity contribution in [2.75, 3.05) is 38.2 Å². The maximum Gasteiger partial charge on any atom is 0.241 e. The second kappa shape index (κ2) is 14.1. The highest BCUT2D eigenvalue weighted by Crippen LogP contribution is 2.65. The van der Waals surface area contributed by atoms with Crippen LogP contribution in [0.1, 0.15) is 42.4 Å². The number of amides is 4. The average molecular weight is 755 g/mol. The van der Waals surface area contributed by atoms with Crippen molar-refractivity contribution in [2.45, 2.75) is 25.7 Å². The van der Waals surface area contributed by atoms with E-state index in [1.807, 2.05) is 54.6 Å². The van der Waals surface area contributed by atoms with E-state index in [9.17, 15) is 24.3 Å². The van der Waals surface area contributed by atoms with Gasteiger partial charge < -0.3 is 24.1 Å². The second-order valence-corrected chi connectivity index (χ2v) is 14.8. The fourth-order valence-corrected chi connectivity index (χ4v) is 9.46. The van der Waals surface area contributed by atoms with Gasteiger partial charge in [0.2, 0.25) is 23.6 Å². The number of carbonyl (C=O) groups excluding carboxylic acids is 4. The van der Waals surface area contributed by atoms with Crippen molar-refractivity contribution in [1.82, 2.24) is 0 Å². The van der Waals surface area contributed by atoms with Crippen molar-refractivity contribution in [2.24, 2.45) is 29.1 Å². The number of phenols is 1. The molecule has 286 valence electrons. The molecule has 4 aromatic rings. The molecule has 4 aliphatic rings. The first-order valence-electron chi connectivity index (χ1n) is 18.5. The highest BCUT2D eigenvalue weighted by molar-refractivity contribution is 6.25. The molecule has 8 rings (SSSR count). The van der Waals surface area contributed by atoms with Crippen LogP contribution in [0, 0.1) is 29.1 Å². The Hall–Kier alpha value is -6.36. The van der Waals surface area contributed by atoms with Crippen molar-refractivity contribution in [3.8, 4) is 28.7 Å². The summed E-state index contributed by atoms with van der Waals surface area (Å²) < 4.78 is 22.1. The minimum absolute atomic E-state index is 0.164. The Kier molecular flexibility index (Phi) is 9.18. The van der Waals surface area contributed by atoms with Crippen LogP contribution in [0.4, 0.5) is 11.4 Å². The molecule has 56 heavy (non-hydrogen) atoms. The summed E-state index contributed by atoms with van der Waals surface area (Å²) >= 11 is 0. The summed E-state index contributed by atoms with van der Waals surface area (Å²) in [5, 5.41) is 11.7. The minimum atomic E-state index is -1.36. The summed E-state index contributed by atoms with van der Waals surface area (Å²) in [4.78, 5) is 60.6. The number of aromatic hydroxyl groups is 1. The average Bonchev–Trinajstić information content (AvgIpc) is 3.59. The molecular weight excluding hydrogens is 713 g/mol. The van der Waals surface area contributed by atoms with Gasteiger partial charge in [0, 0.05) is 29.2 Å². The van der Waals surface area contributed by atoms with Crippen LogP contribution in [0.5, 0.6) is 28.7 Å². The zero-order valence-electron chi connectivity index (χ0n) is 31.7. The number of carbonyl (C=O) groups is 4. The van der Waals surface area contributed by atoms with E-state index in [1.54, 1.807) is 63.6 Å². The summed E-state index contributed by atoms with van der Waals surface area (Å²) in [5.41, 5.74) is 2.26. The van der Waals surface area contributed by atoms with Gasteiger partial charge in [-0.25, -0.2) is 4.90 Å². The Balaban J connectivity index is 1.17. The van der Waals surface area contributed by atoms with E-state index in [0.717, 1.165) is 16.7 Å². The summed E-state index contributed by atoms with van der Waals surface area (Å²) in [6.07, 6.45) is 6.19. The van der Waals surface area contributed by atoms with Gasteiger partial charge in [-0.05, 0) is 73.7 Å². The molecule has 3 fully saturated rings. The van der Waals surface area contributed by atoms with Gasteiger partial charge in [-0.1, -0.05) is 54.1 Å². The molecule has 4 amide bonds. The monoisotopic (exact) mass is 754 g/mol. The summed E-state index contributed by atoms with van der Waals surface area (Å²) in [7, 11) is 6.14. The van der Waals surface area contributed by atoms with Crippen LogP contribution in [-0.2, 0) is 19.2 Å². The highest BCUT2D eigenvalue weighted by Gasteiger charge is 2.68. The van der Waals surface area contributed by atoms with E-state index in [2.05, 4.69) is 0 Å². The van der Waals surface area contributed by atoms with Gasteiger partial charge in [-0.3, -0.25) is 24.1 Å². The third kappa shape index (κ3) is 5.55. The van der Waals surface area contributed by atoms with Crippen molar-refractivity contribution in [3.63, 3.8) is 0 Å². The number of anilines is 2. The molecule has 0 aromatic heterocycles. The maximum atomic E-state index is 14.7. The van der Waals surface area contributed by atoms with E-state index < -0.39 is 40.9 Å². The topological polar surface area (TPSA) is 132 Å². The van der Waals surface area contributed by atoms with Crippen molar-refractivity contribution < 1.29 is 43.2 Å². The molecule has 0 spiro atoms. The van der Waals surface area contributed by atoms with Crippen LogP contribution < -0.4 is 28.7 Å². The molecule has 0 bridgehead atoms. The highest BCUT2D eigenvalue weighted by atomic mass is 16.5. The number of methoxy groups -OCH3 is 4. The summed E-state index contributed by atoms with van der Waals surface area (Å²) in [5.74, 6) is -3.35. The number of ether oxygens (including phenoxy) is 4. The van der Waals surface area contributed by atoms with E-state index in [0.29, 0.717) is 34.2 Å². The van der Waals surface area contributed by atoms with Crippen molar-refractivity contribution in [3.05, 3.63) is 113 Å². The fraction of sp³-hybridized carbons (Fsp3) is 0.289. The molecule has 11 nitrogen and oxygen atoms in total. The van der Waals surface area contributed by atoms with E-state index >= 15 is 0 Å². The predicted octanol–water partition coefficient (Wildman–Crippen LogP) is 7.03. The molecular formula is C45H42N2O9. The van der Waals surface area contributed by atoms with Crippen LogP contribution in [0.15, 0.2) is 96.6 Å². The van der Waals surface area contributed by atoms with Gasteiger partial charge in [-0.15, -0.1) is 0 Å². The Labute approximate surface area is 324 Å². The number of hydrogen-bond donors (Lipinski definition) is 1. The normalized spacial score (nSPS) is 25.5. The molecule has 0 unspecified atom stereocenters. The number of para-hydroxylation sites is 1. The molecule has 0 radical (unpaired) electrons. The van der Waals surface area contributed by atoms with Gasteiger partial charge in [0.05, 0.1) is 63.0 Å². The number of imide groups is 2. The van der Waals surface area contributed by atoms with E-state index in [1.165, 1.54) is 30.1 Å². The number of nitrogens with zero attached hydrogens (tertiary/aromatic N) is 2. The first-order valence-corrected chi connectivity index (χ1v) is 18.5. The molecule has 11 heteroatoms. The van der Waals surface area contributed by atoms with Crippen LogP contribution >= 0.6 is 0 Å². The summed E-state index contributed by atoms with van der Waals surface area (Å²) in [6, 6.07) is 24.6. The van der Waals surface area contributed by atoms with Crippen molar-refractivity contribution in [1.29, 1.82) is 0 Å². The Morgan fingerprint density at radius 3 is 2.07 bits per heavy atom. The predicted molar refractivity (Wildman–Crippen MR) is 210 cm³/mol. The van der Waals surface area contributed by atoms with Gasteiger partial charge in [0.15, 0.2) is 0 Å². The lowest BCUT2D eigenvalue weighted by Crippen LogP contribution is -2.49. The third-order valence-electron chi connectivity index (χ3n) is 12.2. The first kappa shape index (κ1) is 36.6. The Morgan fingerprint density at radius 2 is 1.39 bits per heavy atom. The number of fused-ring (bicyclic) bond motifs is 4. The van der Waals surface area contributed by atoms with Gasteiger partial charge in [0.1, 0.15) is 28.7 Å². The number of phenolic OH excluding ortho intramolecular Hbond substituents is 1. The standard InChI is InChI=1S/C45H42N2O9/c1-45-34(42(50)47(44(45)52)27-9-7-6-8-10-27)24-33-31(40(45)39-35(48)22-30(54-3)23-37(39)56-5)18-19-32-38(33)43(51)46(41(32)49)28-15-12-25(13-16-28)11-14-26-21-29(53-2)17-20-36(26)55-4/h6-18,20-23,32-34,38,40,48H,19,24H2,1-5H3/t32-,33+,34-,38-,40+,45+/m0/s1. The second-order valence-electron chi connectivity index (χ2n) is 14.8. The van der Waals surface area contributed by atoms with Gasteiger partial charge in [-0.2, -0.15) is 0 Å². The third-order valence-corrected chi connectivity index (χ3v) is 12.2. The molecule has 2 saturated heterocycles. The molecule has 2 aliphatic heterocycles. The largest absolute Gasteiger partial charge is 0.507 e. The smallest absolute Gasteiger partial charge is 0.241 e. The van der Waals surface area contributed by atoms with Crippen LogP contribution in [0.3, 0.4) is 0 Å². The van der Waals surface area contributed by atoms with E-state index in [-0.39, 0.29) is 42.1 Å². The zero-order chi connectivity index (χ0) is 39.5. The van der Waals surface area contributed by atoms with Gasteiger partial charge in [0.25, 0.3) is 0 Å². The molecule has 2 aliphatic carbocycles. The molecule has 4 aromatic carbocycles. The van der Waals surface area contributed by atoms with Crippen LogP contribution in [-0.4, -0.2) is 57.2 Å². The Morgan fingerprint density at radius 1 is 0.696 bits per heavy atom. The lowest BCUT2D eigenvalue weighted by atomic mass is 9.51. The quantitative estimate of drug-likeness (QED) is 0.109. The molecule has 2 heterocycles. The van der Waals surface area contributed by atoms with Crippen LogP contribution in [0.25, 0.3) is 12.2 Å². The van der Waals surface area contributed by atoms with E-state index in [4.69, 9.17) is 18.9 Å². The van der Waals surface area contributed by atoms with Crippen LogP contribution in [0.2, 0.25) is 0 Å².